The Hall–Kier alpha value is -1.65. The van der Waals surface area contributed by atoms with Gasteiger partial charge in [-0.3, -0.25) is 9.59 Å². The summed E-state index contributed by atoms with van der Waals surface area (Å²) in [4.78, 5) is 26.3. The molecule has 1 aliphatic rings. The number of carbonyl (C=O) groups excluding carboxylic acids is 1. The highest BCUT2D eigenvalue weighted by atomic mass is 35.5. The summed E-state index contributed by atoms with van der Waals surface area (Å²) < 4.78 is 0. The van der Waals surface area contributed by atoms with Crippen molar-refractivity contribution in [2.75, 3.05) is 6.54 Å². The zero-order chi connectivity index (χ0) is 12.0. The Labute approximate surface area is 102 Å². The number of nitrogens with one attached hydrogen (secondary N) is 2. The molecule has 0 aliphatic carbocycles. The highest BCUT2D eigenvalue weighted by Gasteiger charge is 2.22. The summed E-state index contributed by atoms with van der Waals surface area (Å²) in [6.07, 6.45) is 0. The van der Waals surface area contributed by atoms with Gasteiger partial charge in [-0.05, 0) is 17.7 Å². The maximum Gasteiger partial charge on any atom is 0.259 e. The molecular formula is C12H9ClN2O2. The number of rotatable bonds is 0. The lowest BCUT2D eigenvalue weighted by Gasteiger charge is -2.17. The van der Waals surface area contributed by atoms with Crippen LogP contribution < -0.4 is 10.9 Å². The van der Waals surface area contributed by atoms with E-state index >= 15 is 0 Å². The predicted octanol–water partition coefficient (Wildman–Crippen LogP) is 1.47. The van der Waals surface area contributed by atoms with Gasteiger partial charge in [0.1, 0.15) is 0 Å². The zero-order valence-corrected chi connectivity index (χ0v) is 9.60. The molecule has 0 atom stereocenters. The van der Waals surface area contributed by atoms with Crippen LogP contribution in [0.3, 0.4) is 0 Å². The lowest BCUT2D eigenvalue weighted by Crippen LogP contribution is -2.35. The standard InChI is InChI=1S/C12H9ClN2O2/c13-6-1-2-7-8-4-14-5-10(16)11(8)12(17)15-9(7)3-6/h1-3,14H,4-5H2,(H,15,17). The van der Waals surface area contributed by atoms with E-state index in [9.17, 15) is 9.59 Å². The number of hydrogen-bond donors (Lipinski definition) is 2. The van der Waals surface area contributed by atoms with Gasteiger partial charge in [0.15, 0.2) is 5.78 Å². The second-order valence-corrected chi connectivity index (χ2v) is 4.46. The first kappa shape index (κ1) is 10.5. The molecule has 0 saturated carbocycles. The van der Waals surface area contributed by atoms with Crippen LogP contribution in [-0.2, 0) is 6.54 Å². The zero-order valence-electron chi connectivity index (χ0n) is 8.84. The minimum absolute atomic E-state index is 0.163. The molecule has 0 saturated heterocycles. The number of aromatic amines is 1. The van der Waals surface area contributed by atoms with Crippen LogP contribution in [0.25, 0.3) is 10.9 Å². The highest BCUT2D eigenvalue weighted by molar-refractivity contribution is 6.31. The molecule has 0 unspecified atom stereocenters. The molecule has 1 aliphatic heterocycles. The maximum atomic E-state index is 11.9. The van der Waals surface area contributed by atoms with Gasteiger partial charge in [0.2, 0.25) is 0 Å². The Morgan fingerprint density at radius 3 is 2.82 bits per heavy atom. The van der Waals surface area contributed by atoms with Crippen LogP contribution in [-0.4, -0.2) is 17.3 Å². The van der Waals surface area contributed by atoms with Crippen molar-refractivity contribution in [1.82, 2.24) is 10.3 Å². The van der Waals surface area contributed by atoms with Gasteiger partial charge in [0.25, 0.3) is 5.56 Å². The van der Waals surface area contributed by atoms with Crippen molar-refractivity contribution in [1.29, 1.82) is 0 Å². The largest absolute Gasteiger partial charge is 0.321 e. The van der Waals surface area contributed by atoms with Crippen molar-refractivity contribution in [2.24, 2.45) is 0 Å². The summed E-state index contributed by atoms with van der Waals surface area (Å²) in [6, 6.07) is 5.27. The molecule has 0 fully saturated rings. The molecule has 2 heterocycles. The summed E-state index contributed by atoms with van der Waals surface area (Å²) in [5, 5.41) is 4.41. The topological polar surface area (TPSA) is 62.0 Å². The lowest BCUT2D eigenvalue weighted by molar-refractivity contribution is 0.0981. The summed E-state index contributed by atoms with van der Waals surface area (Å²) in [5.74, 6) is -0.163. The van der Waals surface area contributed by atoms with E-state index in [1.807, 2.05) is 6.07 Å². The Morgan fingerprint density at radius 1 is 1.18 bits per heavy atom. The molecule has 1 aromatic carbocycles. The molecule has 0 amide bonds. The molecule has 0 spiro atoms. The second-order valence-electron chi connectivity index (χ2n) is 4.02. The average molecular weight is 249 g/mol. The van der Waals surface area contributed by atoms with Crippen LogP contribution in [0.2, 0.25) is 5.02 Å². The first-order valence-electron chi connectivity index (χ1n) is 5.25. The molecule has 0 radical (unpaired) electrons. The highest BCUT2D eigenvalue weighted by Crippen LogP contribution is 2.23. The summed E-state index contributed by atoms with van der Waals surface area (Å²) in [5.41, 5.74) is 1.37. The lowest BCUT2D eigenvalue weighted by atomic mass is 9.97. The Kier molecular flexibility index (Phi) is 2.28. The quantitative estimate of drug-likeness (QED) is 0.742. The van der Waals surface area contributed by atoms with Crippen molar-refractivity contribution in [3.8, 4) is 0 Å². The van der Waals surface area contributed by atoms with Gasteiger partial charge in [0, 0.05) is 17.0 Å². The molecule has 86 valence electrons. The van der Waals surface area contributed by atoms with Crippen LogP contribution in [0, 0.1) is 0 Å². The number of pyridine rings is 1. The van der Waals surface area contributed by atoms with Gasteiger partial charge >= 0.3 is 0 Å². The Balaban J connectivity index is 2.46. The van der Waals surface area contributed by atoms with Gasteiger partial charge < -0.3 is 10.3 Å². The smallest absolute Gasteiger partial charge is 0.259 e. The number of halogens is 1. The van der Waals surface area contributed by atoms with Gasteiger partial charge in [-0.25, -0.2) is 0 Å². The van der Waals surface area contributed by atoms with Crippen molar-refractivity contribution in [3.05, 3.63) is 44.7 Å². The molecule has 1 aromatic heterocycles. The molecule has 17 heavy (non-hydrogen) atoms. The van der Waals surface area contributed by atoms with E-state index < -0.39 is 0 Å². The summed E-state index contributed by atoms with van der Waals surface area (Å²) >= 11 is 5.88. The number of H-pyrrole nitrogens is 1. The minimum atomic E-state index is -0.332. The van der Waals surface area contributed by atoms with E-state index in [-0.39, 0.29) is 23.5 Å². The molecule has 2 N–H and O–H groups in total. The van der Waals surface area contributed by atoms with Crippen LogP contribution in [0.4, 0.5) is 0 Å². The Morgan fingerprint density at radius 2 is 2.00 bits per heavy atom. The SMILES string of the molecule is O=C1CNCc2c1c(=O)[nH]c1cc(Cl)ccc21. The summed E-state index contributed by atoms with van der Waals surface area (Å²) in [6.45, 7) is 0.748. The third-order valence-corrected chi connectivity index (χ3v) is 3.19. The van der Waals surface area contributed by atoms with Crippen LogP contribution in [0.15, 0.2) is 23.0 Å². The number of aromatic nitrogens is 1. The van der Waals surface area contributed by atoms with Crippen LogP contribution in [0.1, 0.15) is 15.9 Å². The summed E-state index contributed by atoms with van der Waals surface area (Å²) in [7, 11) is 0. The minimum Gasteiger partial charge on any atom is -0.321 e. The fraction of sp³-hybridized carbons (Fsp3) is 0.167. The van der Waals surface area contributed by atoms with E-state index in [2.05, 4.69) is 10.3 Å². The van der Waals surface area contributed by atoms with Gasteiger partial charge in [0.05, 0.1) is 17.6 Å². The van der Waals surface area contributed by atoms with E-state index in [1.165, 1.54) is 0 Å². The first-order valence-corrected chi connectivity index (χ1v) is 5.63. The number of carbonyl (C=O) groups is 1. The van der Waals surface area contributed by atoms with Gasteiger partial charge in [-0.1, -0.05) is 17.7 Å². The number of hydrogen-bond acceptors (Lipinski definition) is 3. The van der Waals surface area contributed by atoms with Crippen LogP contribution >= 0.6 is 11.6 Å². The molecule has 0 bridgehead atoms. The number of benzene rings is 1. The van der Waals surface area contributed by atoms with Gasteiger partial charge in [-0.15, -0.1) is 0 Å². The second kappa shape index (κ2) is 3.68. The van der Waals surface area contributed by atoms with E-state index in [1.54, 1.807) is 12.1 Å². The fourth-order valence-electron chi connectivity index (χ4n) is 2.21. The van der Waals surface area contributed by atoms with Crippen molar-refractivity contribution < 1.29 is 4.79 Å². The number of fused-ring (bicyclic) bond motifs is 3. The molecule has 3 rings (SSSR count). The fourth-order valence-corrected chi connectivity index (χ4v) is 2.38. The molecule has 4 nitrogen and oxygen atoms in total. The third kappa shape index (κ3) is 1.57. The first-order chi connectivity index (χ1) is 8.16. The predicted molar refractivity (Wildman–Crippen MR) is 65.6 cm³/mol. The average Bonchev–Trinajstić information content (AvgIpc) is 2.28. The molecule has 2 aromatic rings. The maximum absolute atomic E-state index is 11.9. The molecule has 5 heteroatoms. The Bertz CT molecular complexity index is 691. The van der Waals surface area contributed by atoms with E-state index in [0.29, 0.717) is 17.1 Å². The van der Waals surface area contributed by atoms with Crippen molar-refractivity contribution >= 4 is 28.3 Å². The number of Topliss-reactive ketones (excluding diaryl/α,β-unsaturated/α-hetero) is 1. The van der Waals surface area contributed by atoms with E-state index in [4.69, 9.17) is 11.6 Å². The van der Waals surface area contributed by atoms with Crippen molar-refractivity contribution in [3.63, 3.8) is 0 Å². The molecular weight excluding hydrogens is 240 g/mol. The van der Waals surface area contributed by atoms with Gasteiger partial charge in [-0.2, -0.15) is 0 Å². The van der Waals surface area contributed by atoms with Crippen molar-refractivity contribution in [2.45, 2.75) is 6.54 Å². The monoisotopic (exact) mass is 248 g/mol. The third-order valence-electron chi connectivity index (χ3n) is 2.95. The number of ketones is 1. The normalized spacial score (nSPS) is 15.0. The van der Waals surface area contributed by atoms with Crippen LogP contribution in [0.5, 0.6) is 0 Å². The van der Waals surface area contributed by atoms with E-state index in [0.717, 1.165) is 10.9 Å².